The van der Waals surface area contributed by atoms with Gasteiger partial charge in [-0.05, 0) is 43.5 Å². The van der Waals surface area contributed by atoms with Gasteiger partial charge in [-0.2, -0.15) is 4.98 Å². The first kappa shape index (κ1) is 23.2. The molecule has 0 spiro atoms. The zero-order valence-electron chi connectivity index (χ0n) is 19.4. The van der Waals surface area contributed by atoms with Gasteiger partial charge in [0.15, 0.2) is 5.69 Å². The zero-order chi connectivity index (χ0) is 23.7. The van der Waals surface area contributed by atoms with E-state index in [2.05, 4.69) is 29.0 Å². The molecule has 0 unspecified atom stereocenters. The first-order valence-electron chi connectivity index (χ1n) is 11.0. The number of benzene rings is 2. The van der Waals surface area contributed by atoms with E-state index in [1.54, 1.807) is 24.0 Å². The van der Waals surface area contributed by atoms with E-state index in [-0.39, 0.29) is 18.2 Å². The van der Waals surface area contributed by atoms with Gasteiger partial charge in [0.05, 0.1) is 5.69 Å². The van der Waals surface area contributed by atoms with Gasteiger partial charge in [0.2, 0.25) is 23.2 Å². The number of anilines is 1. The molecule has 0 saturated carbocycles. The first-order valence-corrected chi connectivity index (χ1v) is 12.0. The number of halogens is 1. The zero-order valence-corrected chi connectivity index (χ0v) is 20.2. The van der Waals surface area contributed by atoms with E-state index in [0.717, 1.165) is 22.4 Å². The highest BCUT2D eigenvalue weighted by molar-refractivity contribution is 7.99. The van der Waals surface area contributed by atoms with Crippen LogP contribution in [0.1, 0.15) is 50.1 Å². The van der Waals surface area contributed by atoms with Crippen LogP contribution < -0.4 is 9.64 Å². The summed E-state index contributed by atoms with van der Waals surface area (Å²) >= 11 is 1.50. The molecule has 2 heterocycles. The lowest BCUT2D eigenvalue weighted by molar-refractivity contribution is -0.120. The van der Waals surface area contributed by atoms with Crippen molar-refractivity contribution in [3.63, 3.8) is 0 Å². The summed E-state index contributed by atoms with van der Waals surface area (Å²) < 4.78 is 20.6. The molecule has 1 atom stereocenters. The van der Waals surface area contributed by atoms with Gasteiger partial charge in [-0.1, -0.05) is 56.3 Å². The van der Waals surface area contributed by atoms with Crippen LogP contribution in [0.15, 0.2) is 41.6 Å². The Hall–Kier alpha value is -3.00. The molecule has 3 aromatic rings. The Kier molecular flexibility index (Phi) is 6.65. The highest BCUT2D eigenvalue weighted by Gasteiger charge is 2.36. The maximum Gasteiger partial charge on any atom is 0.247 e. The summed E-state index contributed by atoms with van der Waals surface area (Å²) in [6.07, 6.45) is -0.637. The van der Waals surface area contributed by atoms with E-state index in [1.165, 1.54) is 23.9 Å². The predicted octanol–water partition coefficient (Wildman–Crippen LogP) is 5.88. The van der Waals surface area contributed by atoms with Gasteiger partial charge >= 0.3 is 0 Å². The number of aromatic nitrogens is 3. The predicted molar refractivity (Wildman–Crippen MR) is 128 cm³/mol. The molecule has 0 radical (unpaired) electrons. The summed E-state index contributed by atoms with van der Waals surface area (Å²) in [5, 5.41) is 9.30. The number of fused-ring (bicyclic) bond motifs is 3. The Morgan fingerprint density at radius 1 is 1.21 bits per heavy atom. The second kappa shape index (κ2) is 9.47. The molecule has 6 nitrogen and oxygen atoms in total. The largest absolute Gasteiger partial charge is 0.447 e. The smallest absolute Gasteiger partial charge is 0.247 e. The Labute approximate surface area is 197 Å². The molecule has 0 N–H and O–H groups in total. The average Bonchev–Trinajstić information content (AvgIpc) is 2.91. The Bertz CT molecular complexity index is 1200. The van der Waals surface area contributed by atoms with E-state index in [9.17, 15) is 9.18 Å². The van der Waals surface area contributed by atoms with Crippen LogP contribution in [0.3, 0.4) is 0 Å². The lowest BCUT2D eigenvalue weighted by atomic mass is 10.00. The van der Waals surface area contributed by atoms with Crippen molar-refractivity contribution >= 4 is 23.4 Å². The molecule has 4 rings (SSSR count). The number of hydrogen-bond donors (Lipinski definition) is 0. The number of amides is 1. The van der Waals surface area contributed by atoms with E-state index in [1.807, 2.05) is 26.0 Å². The van der Waals surface area contributed by atoms with Gasteiger partial charge in [0.25, 0.3) is 0 Å². The van der Waals surface area contributed by atoms with Crippen LogP contribution in [-0.4, -0.2) is 26.8 Å². The van der Waals surface area contributed by atoms with E-state index in [0.29, 0.717) is 28.0 Å². The van der Waals surface area contributed by atoms with Crippen molar-refractivity contribution in [3.05, 3.63) is 58.9 Å². The molecule has 33 heavy (non-hydrogen) atoms. The summed E-state index contributed by atoms with van der Waals surface area (Å²) in [4.78, 5) is 19.5. The molecule has 1 aromatic heterocycles. The van der Waals surface area contributed by atoms with E-state index < -0.39 is 12.0 Å². The minimum absolute atomic E-state index is 0.146. The summed E-state index contributed by atoms with van der Waals surface area (Å²) in [5.74, 6) is 1.03. The highest BCUT2D eigenvalue weighted by Crippen LogP contribution is 2.45. The molecule has 0 saturated heterocycles. The molecular formula is C25H27FN4O2S. The number of hydrogen-bond acceptors (Lipinski definition) is 6. The maximum absolute atomic E-state index is 14.2. The third-order valence-corrected chi connectivity index (χ3v) is 6.55. The number of rotatable bonds is 5. The van der Waals surface area contributed by atoms with Crippen LogP contribution in [0.5, 0.6) is 5.88 Å². The lowest BCUT2D eigenvalue weighted by Gasteiger charge is -2.32. The fraction of sp³-hybridized carbons (Fsp3) is 0.360. The van der Waals surface area contributed by atoms with E-state index >= 15 is 0 Å². The van der Waals surface area contributed by atoms with Gasteiger partial charge < -0.3 is 4.74 Å². The number of thioether (sulfide) groups is 1. The SMILES string of the molecule is CCC(=O)N1c2c(C)cc(C)cc2-c2nnc(SCC(C)C)nc2O[C@@H]1c1cccc(F)c1. The van der Waals surface area contributed by atoms with Crippen LogP contribution in [0.2, 0.25) is 0 Å². The van der Waals surface area contributed by atoms with Crippen LogP contribution in [0, 0.1) is 25.6 Å². The molecule has 0 fully saturated rings. The quantitative estimate of drug-likeness (QED) is 0.438. The fourth-order valence-corrected chi connectivity index (χ4v) is 4.62. The van der Waals surface area contributed by atoms with Gasteiger partial charge in [0, 0.05) is 23.3 Å². The Balaban J connectivity index is 1.96. The number of carbonyl (C=O) groups excluding carboxylic acids is 1. The molecule has 172 valence electrons. The monoisotopic (exact) mass is 466 g/mol. The molecule has 0 aliphatic carbocycles. The number of carbonyl (C=O) groups is 1. The normalized spacial score (nSPS) is 15.0. The Morgan fingerprint density at radius 3 is 2.70 bits per heavy atom. The third kappa shape index (κ3) is 4.71. The lowest BCUT2D eigenvalue weighted by Crippen LogP contribution is -2.37. The van der Waals surface area contributed by atoms with Gasteiger partial charge in [-0.3, -0.25) is 9.69 Å². The van der Waals surface area contributed by atoms with Crippen LogP contribution >= 0.6 is 11.8 Å². The number of nitrogens with zero attached hydrogens (tertiary/aromatic N) is 4. The summed E-state index contributed by atoms with van der Waals surface area (Å²) in [6, 6.07) is 10.1. The van der Waals surface area contributed by atoms with Gasteiger partial charge in [-0.25, -0.2) is 4.39 Å². The summed E-state index contributed by atoms with van der Waals surface area (Å²) in [7, 11) is 0. The minimum atomic E-state index is -0.894. The molecule has 8 heteroatoms. The summed E-state index contributed by atoms with van der Waals surface area (Å²) in [6.45, 7) is 9.98. The highest BCUT2D eigenvalue weighted by atomic mass is 32.2. The van der Waals surface area contributed by atoms with Crippen LogP contribution in [-0.2, 0) is 4.79 Å². The first-order chi connectivity index (χ1) is 15.8. The molecule has 0 bridgehead atoms. The standard InChI is InChI=1S/C25H27FN4O2S/c1-6-20(31)30-22-16(5)10-15(4)11-19(22)21-23(27-25(29-28-21)33-13-14(2)3)32-24(30)17-8-7-9-18(26)12-17/h7-12,14,24H,6,13H2,1-5H3/t24-/m1/s1. The second-order valence-corrected chi connectivity index (χ2v) is 9.56. The maximum atomic E-state index is 14.2. The number of ether oxygens (including phenoxy) is 1. The van der Waals surface area contributed by atoms with E-state index in [4.69, 9.17) is 4.74 Å². The molecule has 1 aliphatic rings. The van der Waals surface area contributed by atoms with Crippen molar-refractivity contribution in [2.24, 2.45) is 5.92 Å². The van der Waals surface area contributed by atoms with Crippen molar-refractivity contribution in [1.82, 2.24) is 15.2 Å². The Morgan fingerprint density at radius 2 is 2.00 bits per heavy atom. The van der Waals surface area contributed by atoms with Crippen molar-refractivity contribution in [3.8, 4) is 17.1 Å². The summed E-state index contributed by atoms with van der Waals surface area (Å²) in [5.41, 5.74) is 4.31. The molecule has 1 aliphatic heterocycles. The average molecular weight is 467 g/mol. The molecular weight excluding hydrogens is 439 g/mol. The topological polar surface area (TPSA) is 68.2 Å². The van der Waals surface area contributed by atoms with Crippen molar-refractivity contribution < 1.29 is 13.9 Å². The molecule has 2 aromatic carbocycles. The van der Waals surface area contributed by atoms with Crippen molar-refractivity contribution in [2.75, 3.05) is 10.7 Å². The number of aryl methyl sites for hydroxylation is 2. The van der Waals surface area contributed by atoms with Crippen molar-refractivity contribution in [2.45, 2.75) is 52.4 Å². The van der Waals surface area contributed by atoms with Gasteiger partial charge in [-0.15, -0.1) is 10.2 Å². The third-order valence-electron chi connectivity index (χ3n) is 5.28. The minimum Gasteiger partial charge on any atom is -0.447 e. The second-order valence-electron chi connectivity index (χ2n) is 8.57. The van der Waals surface area contributed by atoms with Crippen LogP contribution in [0.4, 0.5) is 10.1 Å². The fourth-order valence-electron chi connectivity index (χ4n) is 3.89. The van der Waals surface area contributed by atoms with Crippen molar-refractivity contribution in [1.29, 1.82) is 0 Å². The van der Waals surface area contributed by atoms with Crippen LogP contribution in [0.25, 0.3) is 11.3 Å². The molecule has 1 amide bonds. The van der Waals surface area contributed by atoms with Gasteiger partial charge in [0.1, 0.15) is 5.82 Å².